The lowest BCUT2D eigenvalue weighted by Gasteiger charge is -2.17. The van der Waals surface area contributed by atoms with Crippen molar-refractivity contribution in [3.05, 3.63) is 33.8 Å². The lowest BCUT2D eigenvalue weighted by Crippen LogP contribution is -2.16. The SMILES string of the molecule is CCCCC(COS(C)(=O)=O)Cc1ccc(Cl)cc1Cl. The van der Waals surface area contributed by atoms with Gasteiger partial charge in [-0.15, -0.1) is 0 Å². The quantitative estimate of drug-likeness (QED) is 0.663. The van der Waals surface area contributed by atoms with Crippen LogP contribution in [0.1, 0.15) is 31.7 Å². The van der Waals surface area contributed by atoms with Gasteiger partial charge in [-0.1, -0.05) is 49.0 Å². The fourth-order valence-electron chi connectivity index (χ4n) is 1.96. The van der Waals surface area contributed by atoms with Gasteiger partial charge in [-0.05, 0) is 36.5 Å². The predicted molar refractivity (Wildman–Crippen MR) is 84.0 cm³/mol. The molecule has 1 aromatic rings. The molecule has 0 saturated heterocycles. The van der Waals surface area contributed by atoms with Crippen molar-refractivity contribution in [1.29, 1.82) is 0 Å². The summed E-state index contributed by atoms with van der Waals surface area (Å²) in [7, 11) is -3.41. The van der Waals surface area contributed by atoms with E-state index in [1.165, 1.54) is 0 Å². The van der Waals surface area contributed by atoms with Crippen LogP contribution in [0, 0.1) is 5.92 Å². The lowest BCUT2D eigenvalue weighted by molar-refractivity contribution is 0.244. The van der Waals surface area contributed by atoms with Crippen LogP contribution in [-0.2, 0) is 20.7 Å². The summed E-state index contributed by atoms with van der Waals surface area (Å²) in [5, 5.41) is 1.20. The Labute approximate surface area is 131 Å². The first-order valence-electron chi connectivity index (χ1n) is 6.60. The Bertz CT molecular complexity index is 529. The highest BCUT2D eigenvalue weighted by Crippen LogP contribution is 2.25. The first-order valence-corrected chi connectivity index (χ1v) is 9.17. The van der Waals surface area contributed by atoms with Crippen LogP contribution in [-0.4, -0.2) is 21.3 Å². The Morgan fingerprint density at radius 3 is 2.55 bits per heavy atom. The van der Waals surface area contributed by atoms with Crippen LogP contribution in [0.3, 0.4) is 0 Å². The first kappa shape index (κ1) is 17.8. The zero-order valence-electron chi connectivity index (χ0n) is 11.7. The summed E-state index contributed by atoms with van der Waals surface area (Å²) in [6.45, 7) is 2.29. The molecular weight excluding hydrogens is 319 g/mol. The van der Waals surface area contributed by atoms with Crippen molar-refractivity contribution in [2.24, 2.45) is 5.92 Å². The van der Waals surface area contributed by atoms with E-state index in [1.807, 2.05) is 6.07 Å². The highest BCUT2D eigenvalue weighted by atomic mass is 35.5. The summed E-state index contributed by atoms with van der Waals surface area (Å²) in [5.41, 5.74) is 0.967. The van der Waals surface area contributed by atoms with E-state index >= 15 is 0 Å². The normalized spacial score (nSPS) is 13.4. The second kappa shape index (κ2) is 8.23. The Morgan fingerprint density at radius 2 is 2.00 bits per heavy atom. The summed E-state index contributed by atoms with van der Waals surface area (Å²) < 4.78 is 27.1. The van der Waals surface area contributed by atoms with Gasteiger partial charge in [0.15, 0.2) is 0 Å². The summed E-state index contributed by atoms with van der Waals surface area (Å²) in [6.07, 6.45) is 4.75. The third kappa shape index (κ3) is 6.93. The number of hydrogen-bond acceptors (Lipinski definition) is 3. The van der Waals surface area contributed by atoms with E-state index in [2.05, 4.69) is 6.92 Å². The minimum absolute atomic E-state index is 0.128. The topological polar surface area (TPSA) is 43.4 Å². The molecule has 1 atom stereocenters. The third-order valence-electron chi connectivity index (χ3n) is 3.01. The minimum atomic E-state index is -3.41. The number of unbranched alkanes of at least 4 members (excludes halogenated alkanes) is 1. The molecule has 0 aliphatic carbocycles. The standard InChI is InChI=1S/C14H20Cl2O3S/c1-3-4-5-11(10-19-20(2,17)18)8-12-6-7-13(15)9-14(12)16/h6-7,9,11H,3-5,8,10H2,1-2H3. The Balaban J connectivity index is 2.72. The summed E-state index contributed by atoms with van der Waals surface area (Å²) in [5.74, 6) is 0.128. The van der Waals surface area contributed by atoms with E-state index in [9.17, 15) is 8.42 Å². The van der Waals surface area contributed by atoms with E-state index in [0.717, 1.165) is 31.1 Å². The van der Waals surface area contributed by atoms with Gasteiger partial charge in [0.1, 0.15) is 0 Å². The average molecular weight is 339 g/mol. The van der Waals surface area contributed by atoms with Gasteiger partial charge in [-0.2, -0.15) is 8.42 Å². The van der Waals surface area contributed by atoms with Crippen molar-refractivity contribution < 1.29 is 12.6 Å². The minimum Gasteiger partial charge on any atom is -0.270 e. The molecule has 6 heteroatoms. The number of halogens is 2. The second-order valence-corrected chi connectivity index (χ2v) is 7.42. The molecule has 0 aliphatic heterocycles. The summed E-state index contributed by atoms with van der Waals surface area (Å²) >= 11 is 12.0. The van der Waals surface area contributed by atoms with Crippen molar-refractivity contribution in [2.75, 3.05) is 12.9 Å². The number of hydrogen-bond donors (Lipinski definition) is 0. The van der Waals surface area contributed by atoms with Gasteiger partial charge in [0, 0.05) is 10.0 Å². The summed E-state index contributed by atoms with van der Waals surface area (Å²) in [6, 6.07) is 5.37. The molecule has 1 rings (SSSR count). The van der Waals surface area contributed by atoms with Crippen molar-refractivity contribution >= 4 is 33.3 Å². The van der Waals surface area contributed by atoms with Gasteiger partial charge in [-0.25, -0.2) is 0 Å². The van der Waals surface area contributed by atoms with Crippen molar-refractivity contribution in [2.45, 2.75) is 32.6 Å². The molecule has 3 nitrogen and oxygen atoms in total. The molecular formula is C14H20Cl2O3S. The van der Waals surface area contributed by atoms with Crippen molar-refractivity contribution in [3.63, 3.8) is 0 Å². The maximum atomic E-state index is 11.1. The molecule has 0 saturated carbocycles. The van der Waals surface area contributed by atoms with Gasteiger partial charge >= 0.3 is 0 Å². The summed E-state index contributed by atoms with van der Waals surface area (Å²) in [4.78, 5) is 0. The van der Waals surface area contributed by atoms with Crippen LogP contribution >= 0.6 is 23.2 Å². The molecule has 1 aromatic carbocycles. The van der Waals surface area contributed by atoms with Crippen LogP contribution in [0.2, 0.25) is 10.0 Å². The van der Waals surface area contributed by atoms with E-state index in [0.29, 0.717) is 16.5 Å². The maximum absolute atomic E-state index is 11.1. The molecule has 20 heavy (non-hydrogen) atoms. The Morgan fingerprint density at radius 1 is 1.30 bits per heavy atom. The van der Waals surface area contributed by atoms with Crippen LogP contribution in [0.25, 0.3) is 0 Å². The number of rotatable bonds is 8. The van der Waals surface area contributed by atoms with E-state index in [-0.39, 0.29) is 12.5 Å². The highest BCUT2D eigenvalue weighted by Gasteiger charge is 2.15. The van der Waals surface area contributed by atoms with Crippen LogP contribution < -0.4 is 0 Å². The molecule has 0 bridgehead atoms. The zero-order chi connectivity index (χ0) is 15.2. The molecule has 0 aliphatic rings. The molecule has 1 unspecified atom stereocenters. The van der Waals surface area contributed by atoms with Gasteiger partial charge in [0.2, 0.25) is 0 Å². The number of benzene rings is 1. The molecule has 0 N–H and O–H groups in total. The predicted octanol–water partition coefficient (Wildman–Crippen LogP) is 4.32. The Hall–Kier alpha value is -0.290. The van der Waals surface area contributed by atoms with Crippen LogP contribution in [0.4, 0.5) is 0 Å². The average Bonchev–Trinajstić information content (AvgIpc) is 2.34. The second-order valence-electron chi connectivity index (χ2n) is 4.94. The van der Waals surface area contributed by atoms with Crippen molar-refractivity contribution in [1.82, 2.24) is 0 Å². The van der Waals surface area contributed by atoms with Gasteiger partial charge < -0.3 is 0 Å². The first-order chi connectivity index (χ1) is 9.31. The molecule has 0 fully saturated rings. The van der Waals surface area contributed by atoms with E-state index in [4.69, 9.17) is 27.4 Å². The highest BCUT2D eigenvalue weighted by molar-refractivity contribution is 7.85. The van der Waals surface area contributed by atoms with Crippen LogP contribution in [0.5, 0.6) is 0 Å². The fraction of sp³-hybridized carbons (Fsp3) is 0.571. The zero-order valence-corrected chi connectivity index (χ0v) is 14.1. The molecule has 0 radical (unpaired) electrons. The van der Waals surface area contributed by atoms with Crippen molar-refractivity contribution in [3.8, 4) is 0 Å². The molecule has 0 aromatic heterocycles. The Kier molecular flexibility index (Phi) is 7.30. The fourth-order valence-corrected chi connectivity index (χ4v) is 2.88. The van der Waals surface area contributed by atoms with E-state index < -0.39 is 10.1 Å². The van der Waals surface area contributed by atoms with Crippen LogP contribution in [0.15, 0.2) is 18.2 Å². The largest absolute Gasteiger partial charge is 0.270 e. The van der Waals surface area contributed by atoms with Gasteiger partial charge in [0.05, 0.1) is 12.9 Å². The third-order valence-corrected chi connectivity index (χ3v) is 4.16. The smallest absolute Gasteiger partial charge is 0.264 e. The molecule has 0 amide bonds. The van der Waals surface area contributed by atoms with E-state index in [1.54, 1.807) is 12.1 Å². The monoisotopic (exact) mass is 338 g/mol. The van der Waals surface area contributed by atoms with Gasteiger partial charge in [-0.3, -0.25) is 4.18 Å². The lowest BCUT2D eigenvalue weighted by atomic mass is 9.95. The molecule has 114 valence electrons. The molecule has 0 heterocycles. The maximum Gasteiger partial charge on any atom is 0.264 e. The molecule has 0 spiro atoms. The van der Waals surface area contributed by atoms with Gasteiger partial charge in [0.25, 0.3) is 10.1 Å².